The Morgan fingerprint density at radius 3 is 2.93 bits per heavy atom. The second-order valence-corrected chi connectivity index (χ2v) is 3.40. The van der Waals surface area contributed by atoms with Crippen LogP contribution in [0.1, 0.15) is 19.3 Å². The maximum Gasteiger partial charge on any atom is 0.331 e. The highest BCUT2D eigenvalue weighted by molar-refractivity contribution is 5.83. The second-order valence-electron chi connectivity index (χ2n) is 3.40. The number of esters is 1. The lowest BCUT2D eigenvalue weighted by atomic mass is 9.91. The van der Waals surface area contributed by atoms with Crippen molar-refractivity contribution in [2.45, 2.75) is 24.8 Å². The largest absolute Gasteiger partial charge is 0.467 e. The number of carbonyl (C=O) groups excluding carboxylic acids is 2. The summed E-state index contributed by atoms with van der Waals surface area (Å²) >= 11 is 0. The van der Waals surface area contributed by atoms with Gasteiger partial charge in [-0.05, 0) is 32.4 Å². The molecule has 0 aliphatic carbocycles. The average molecular weight is 199 g/mol. The molecule has 14 heavy (non-hydrogen) atoms. The summed E-state index contributed by atoms with van der Waals surface area (Å²) in [5, 5.41) is 5.63. The first kappa shape index (κ1) is 11.0. The highest BCUT2D eigenvalue weighted by Crippen LogP contribution is 2.20. The van der Waals surface area contributed by atoms with Crippen LogP contribution in [0.25, 0.3) is 0 Å². The molecule has 1 radical (unpaired) electrons. The highest BCUT2D eigenvalue weighted by atomic mass is 16.5. The Morgan fingerprint density at radius 1 is 1.50 bits per heavy atom. The van der Waals surface area contributed by atoms with Crippen LogP contribution in [0, 0.1) is 0 Å². The first-order valence-corrected chi connectivity index (χ1v) is 4.68. The molecule has 1 atom stereocenters. The molecule has 0 bridgehead atoms. The number of methoxy groups -OCH3 is 1. The van der Waals surface area contributed by atoms with Crippen molar-refractivity contribution in [3.05, 3.63) is 0 Å². The van der Waals surface area contributed by atoms with Gasteiger partial charge in [0.05, 0.1) is 7.11 Å². The number of nitrogens with one attached hydrogen (secondary N) is 2. The van der Waals surface area contributed by atoms with Crippen molar-refractivity contribution in [2.75, 3.05) is 20.2 Å². The Hall–Kier alpha value is -1.10. The van der Waals surface area contributed by atoms with Crippen molar-refractivity contribution in [1.29, 1.82) is 0 Å². The van der Waals surface area contributed by atoms with Crippen LogP contribution in [-0.2, 0) is 14.3 Å². The van der Waals surface area contributed by atoms with Crippen molar-refractivity contribution in [3.63, 3.8) is 0 Å². The third-order valence-electron chi connectivity index (χ3n) is 2.55. The van der Waals surface area contributed by atoms with Gasteiger partial charge in [0.25, 0.3) is 0 Å². The molecule has 0 spiro atoms. The molecule has 1 fully saturated rings. The highest BCUT2D eigenvalue weighted by Gasteiger charge is 2.39. The standard InChI is InChI=1S/C9H15N2O3/c1-14-8(13)9(11-7-12)3-2-5-10-6-4-9/h10H,2-6H2,1H3,(H,11,12). The first-order valence-electron chi connectivity index (χ1n) is 4.68. The van der Waals surface area contributed by atoms with E-state index >= 15 is 0 Å². The molecule has 2 N–H and O–H groups in total. The van der Waals surface area contributed by atoms with Gasteiger partial charge in [0.1, 0.15) is 5.54 Å². The molecule has 0 saturated carbocycles. The third-order valence-corrected chi connectivity index (χ3v) is 2.55. The van der Waals surface area contributed by atoms with Crippen molar-refractivity contribution >= 4 is 12.4 Å². The zero-order valence-corrected chi connectivity index (χ0v) is 8.26. The topological polar surface area (TPSA) is 67.4 Å². The van der Waals surface area contributed by atoms with Crippen molar-refractivity contribution < 1.29 is 14.3 Å². The van der Waals surface area contributed by atoms with Gasteiger partial charge in [-0.15, -0.1) is 0 Å². The molecule has 1 aliphatic rings. The Balaban J connectivity index is 2.76. The Kier molecular flexibility index (Phi) is 3.88. The number of amides is 1. The van der Waals surface area contributed by atoms with E-state index in [0.717, 1.165) is 13.0 Å². The fraction of sp³-hybridized carbons (Fsp3) is 0.778. The third kappa shape index (κ3) is 2.23. The molecule has 1 heterocycles. The van der Waals surface area contributed by atoms with E-state index in [-0.39, 0.29) is 5.97 Å². The zero-order valence-electron chi connectivity index (χ0n) is 8.26. The maximum absolute atomic E-state index is 11.5. The van der Waals surface area contributed by atoms with Crippen LogP contribution < -0.4 is 10.6 Å². The van der Waals surface area contributed by atoms with Crippen LogP contribution in [0.5, 0.6) is 0 Å². The normalized spacial score (nSPS) is 27.5. The molecule has 0 aromatic heterocycles. The van der Waals surface area contributed by atoms with Gasteiger partial charge in [0.15, 0.2) is 0 Å². The summed E-state index contributed by atoms with van der Waals surface area (Å²) in [5.74, 6) is -0.385. The average Bonchev–Trinajstić information content (AvgIpc) is 2.44. The van der Waals surface area contributed by atoms with E-state index in [1.807, 2.05) is 0 Å². The molecule has 1 aliphatic heterocycles. The number of carbonyl (C=O) groups is 1. The summed E-state index contributed by atoms with van der Waals surface area (Å²) in [6, 6.07) is 0. The first-order chi connectivity index (χ1) is 6.75. The molecule has 0 aromatic rings. The number of ether oxygens (including phenoxy) is 1. The van der Waals surface area contributed by atoms with Gasteiger partial charge in [0, 0.05) is 0 Å². The fourth-order valence-corrected chi connectivity index (χ4v) is 1.74. The smallest absolute Gasteiger partial charge is 0.331 e. The summed E-state index contributed by atoms with van der Waals surface area (Å²) in [4.78, 5) is 21.9. The Labute approximate surface area is 83.2 Å². The van der Waals surface area contributed by atoms with E-state index in [0.29, 0.717) is 19.4 Å². The van der Waals surface area contributed by atoms with Crippen molar-refractivity contribution in [2.24, 2.45) is 0 Å². The molecular weight excluding hydrogens is 184 g/mol. The van der Waals surface area contributed by atoms with E-state index in [4.69, 9.17) is 4.74 Å². The van der Waals surface area contributed by atoms with Gasteiger partial charge in [0.2, 0.25) is 0 Å². The molecule has 0 aromatic carbocycles. The summed E-state index contributed by atoms with van der Waals surface area (Å²) in [6.45, 7) is 1.56. The van der Waals surface area contributed by atoms with E-state index in [9.17, 15) is 9.59 Å². The lowest BCUT2D eigenvalue weighted by molar-refractivity contribution is -0.148. The van der Waals surface area contributed by atoms with Gasteiger partial charge < -0.3 is 15.4 Å². The summed E-state index contributed by atoms with van der Waals surface area (Å²) in [6.07, 6.45) is 3.58. The summed E-state index contributed by atoms with van der Waals surface area (Å²) < 4.78 is 4.69. The minimum atomic E-state index is -0.875. The van der Waals surface area contributed by atoms with Gasteiger partial charge in [-0.1, -0.05) is 0 Å². The van der Waals surface area contributed by atoms with Crippen LogP contribution in [0.2, 0.25) is 0 Å². The predicted molar refractivity (Wildman–Crippen MR) is 50.3 cm³/mol. The van der Waals surface area contributed by atoms with Gasteiger partial charge >= 0.3 is 12.4 Å². The molecule has 1 saturated heterocycles. The monoisotopic (exact) mass is 199 g/mol. The van der Waals surface area contributed by atoms with E-state index in [2.05, 4.69) is 10.6 Å². The van der Waals surface area contributed by atoms with Crippen LogP contribution >= 0.6 is 0 Å². The van der Waals surface area contributed by atoms with E-state index in [1.165, 1.54) is 7.11 Å². The molecule has 5 nitrogen and oxygen atoms in total. The number of hydrogen-bond acceptors (Lipinski definition) is 4. The molecule has 5 heteroatoms. The molecule has 1 unspecified atom stereocenters. The lowest BCUT2D eigenvalue weighted by Crippen LogP contribution is -2.52. The van der Waals surface area contributed by atoms with Crippen LogP contribution in [0.15, 0.2) is 0 Å². The summed E-state index contributed by atoms with van der Waals surface area (Å²) in [5.41, 5.74) is -0.875. The van der Waals surface area contributed by atoms with E-state index < -0.39 is 5.54 Å². The maximum atomic E-state index is 11.5. The zero-order chi connectivity index (χ0) is 10.4. The van der Waals surface area contributed by atoms with Gasteiger partial charge in [-0.3, -0.25) is 4.79 Å². The van der Waals surface area contributed by atoms with E-state index in [1.54, 1.807) is 6.41 Å². The van der Waals surface area contributed by atoms with Crippen LogP contribution in [0.4, 0.5) is 0 Å². The fourth-order valence-electron chi connectivity index (χ4n) is 1.74. The Bertz CT molecular complexity index is 210. The minimum Gasteiger partial charge on any atom is -0.467 e. The van der Waals surface area contributed by atoms with Crippen LogP contribution in [-0.4, -0.2) is 38.1 Å². The van der Waals surface area contributed by atoms with Gasteiger partial charge in [-0.2, -0.15) is 0 Å². The predicted octanol–water partition coefficient (Wildman–Crippen LogP) is -0.672. The van der Waals surface area contributed by atoms with Crippen molar-refractivity contribution in [1.82, 2.24) is 10.6 Å². The van der Waals surface area contributed by atoms with Crippen molar-refractivity contribution in [3.8, 4) is 0 Å². The second kappa shape index (κ2) is 4.95. The van der Waals surface area contributed by atoms with Crippen LogP contribution in [0.3, 0.4) is 0 Å². The number of hydrogen-bond donors (Lipinski definition) is 2. The molecule has 1 amide bonds. The SMILES string of the molecule is COC(=O)C1(N[C]=O)CCCNCC1. The van der Waals surface area contributed by atoms with Gasteiger partial charge in [-0.25, -0.2) is 4.79 Å². The summed E-state index contributed by atoms with van der Waals surface area (Å²) in [7, 11) is 1.33. The molecule has 79 valence electrons. The molecular formula is C9H15N2O3. The molecule has 1 rings (SSSR count). The minimum absolute atomic E-state index is 0.385. The number of rotatable bonds is 3. The lowest BCUT2D eigenvalue weighted by Gasteiger charge is -2.27. The quantitative estimate of drug-likeness (QED) is 0.467. The Morgan fingerprint density at radius 2 is 2.29 bits per heavy atom.